The highest BCUT2D eigenvalue weighted by atomic mass is 79.9. The number of piperidine rings is 1. The largest absolute Gasteiger partial charge is 0.368 e. The van der Waals surface area contributed by atoms with Gasteiger partial charge in [-0.3, -0.25) is 4.79 Å². The summed E-state index contributed by atoms with van der Waals surface area (Å²) in [5.74, 6) is -0.151. The predicted octanol–water partition coefficient (Wildman–Crippen LogP) is 1.55. The van der Waals surface area contributed by atoms with Gasteiger partial charge in [-0.15, -0.1) is 0 Å². The average Bonchev–Trinajstić information content (AvgIpc) is 2.40. The van der Waals surface area contributed by atoms with Gasteiger partial charge in [0.25, 0.3) is 0 Å². The van der Waals surface area contributed by atoms with Crippen LogP contribution in [0.3, 0.4) is 0 Å². The summed E-state index contributed by atoms with van der Waals surface area (Å²) in [5, 5.41) is 6.02. The van der Waals surface area contributed by atoms with Crippen molar-refractivity contribution >= 4 is 27.5 Å². The SMILES string of the molecule is O=C(COC1CCNCC1)Nc1cccnc1Br. The molecule has 1 fully saturated rings. The van der Waals surface area contributed by atoms with Gasteiger partial charge in [0, 0.05) is 6.20 Å². The summed E-state index contributed by atoms with van der Waals surface area (Å²) >= 11 is 3.28. The van der Waals surface area contributed by atoms with E-state index in [9.17, 15) is 4.79 Å². The maximum Gasteiger partial charge on any atom is 0.250 e. The number of hydrogen-bond acceptors (Lipinski definition) is 4. The molecule has 5 nitrogen and oxygen atoms in total. The average molecular weight is 314 g/mol. The number of carbonyl (C=O) groups is 1. The smallest absolute Gasteiger partial charge is 0.250 e. The van der Waals surface area contributed by atoms with Crippen molar-refractivity contribution in [2.75, 3.05) is 25.0 Å². The van der Waals surface area contributed by atoms with E-state index < -0.39 is 0 Å². The lowest BCUT2D eigenvalue weighted by Crippen LogP contribution is -2.34. The highest BCUT2D eigenvalue weighted by Crippen LogP contribution is 2.18. The molecule has 0 atom stereocenters. The number of anilines is 1. The van der Waals surface area contributed by atoms with Crippen LogP contribution < -0.4 is 10.6 Å². The molecule has 0 radical (unpaired) electrons. The highest BCUT2D eigenvalue weighted by molar-refractivity contribution is 9.10. The third-order valence-corrected chi connectivity index (χ3v) is 3.40. The Balaban J connectivity index is 1.76. The number of halogens is 1. The lowest BCUT2D eigenvalue weighted by Gasteiger charge is -2.22. The Morgan fingerprint density at radius 1 is 1.56 bits per heavy atom. The molecule has 2 heterocycles. The molecule has 2 N–H and O–H groups in total. The fourth-order valence-corrected chi connectivity index (χ4v) is 2.17. The summed E-state index contributed by atoms with van der Waals surface area (Å²) in [6.07, 6.45) is 3.77. The molecule has 1 aromatic rings. The molecule has 18 heavy (non-hydrogen) atoms. The summed E-state index contributed by atoms with van der Waals surface area (Å²) in [6, 6.07) is 3.56. The van der Waals surface area contributed by atoms with Crippen molar-refractivity contribution in [2.45, 2.75) is 18.9 Å². The second kappa shape index (κ2) is 6.82. The van der Waals surface area contributed by atoms with Crippen LogP contribution in [0, 0.1) is 0 Å². The number of aromatic nitrogens is 1. The van der Waals surface area contributed by atoms with Crippen molar-refractivity contribution in [2.24, 2.45) is 0 Å². The van der Waals surface area contributed by atoms with Crippen LogP contribution in [-0.4, -0.2) is 36.7 Å². The molecule has 0 spiro atoms. The van der Waals surface area contributed by atoms with E-state index in [4.69, 9.17) is 4.74 Å². The molecule has 0 aliphatic carbocycles. The van der Waals surface area contributed by atoms with E-state index in [1.54, 1.807) is 18.3 Å². The lowest BCUT2D eigenvalue weighted by molar-refractivity contribution is -0.123. The van der Waals surface area contributed by atoms with Crippen LogP contribution in [0.2, 0.25) is 0 Å². The Kier molecular flexibility index (Phi) is 5.10. The van der Waals surface area contributed by atoms with Gasteiger partial charge in [-0.2, -0.15) is 0 Å². The number of carbonyl (C=O) groups excluding carboxylic acids is 1. The first kappa shape index (κ1) is 13.5. The van der Waals surface area contributed by atoms with Crippen LogP contribution in [-0.2, 0) is 9.53 Å². The van der Waals surface area contributed by atoms with Gasteiger partial charge in [-0.05, 0) is 54.0 Å². The summed E-state index contributed by atoms with van der Waals surface area (Å²) in [5.41, 5.74) is 0.663. The predicted molar refractivity (Wildman–Crippen MR) is 72.4 cm³/mol. The monoisotopic (exact) mass is 313 g/mol. The number of hydrogen-bond donors (Lipinski definition) is 2. The van der Waals surface area contributed by atoms with Crippen LogP contribution in [0.5, 0.6) is 0 Å². The molecule has 98 valence electrons. The molecule has 6 heteroatoms. The molecule has 1 aliphatic rings. The van der Waals surface area contributed by atoms with Gasteiger partial charge in [-0.25, -0.2) is 4.98 Å². The minimum atomic E-state index is -0.151. The molecule has 2 rings (SSSR count). The van der Waals surface area contributed by atoms with Gasteiger partial charge in [0.1, 0.15) is 11.2 Å². The topological polar surface area (TPSA) is 63.2 Å². The third-order valence-electron chi connectivity index (χ3n) is 2.77. The second-order valence-electron chi connectivity index (χ2n) is 4.15. The third kappa shape index (κ3) is 4.04. The van der Waals surface area contributed by atoms with Gasteiger partial charge in [0.15, 0.2) is 0 Å². The van der Waals surface area contributed by atoms with Gasteiger partial charge < -0.3 is 15.4 Å². The first-order valence-electron chi connectivity index (χ1n) is 5.98. The maximum atomic E-state index is 11.7. The number of ether oxygens (including phenoxy) is 1. The molecular weight excluding hydrogens is 298 g/mol. The number of pyridine rings is 1. The highest BCUT2D eigenvalue weighted by Gasteiger charge is 2.15. The maximum absolute atomic E-state index is 11.7. The first-order chi connectivity index (χ1) is 8.75. The van der Waals surface area contributed by atoms with Gasteiger partial charge >= 0.3 is 0 Å². The molecule has 0 aromatic carbocycles. The first-order valence-corrected chi connectivity index (χ1v) is 6.77. The van der Waals surface area contributed by atoms with E-state index in [0.717, 1.165) is 25.9 Å². The Hall–Kier alpha value is -0.980. The van der Waals surface area contributed by atoms with Crippen molar-refractivity contribution in [3.05, 3.63) is 22.9 Å². The summed E-state index contributed by atoms with van der Waals surface area (Å²) in [4.78, 5) is 15.7. The van der Waals surface area contributed by atoms with Crippen molar-refractivity contribution in [3.8, 4) is 0 Å². The van der Waals surface area contributed by atoms with Crippen LogP contribution >= 0.6 is 15.9 Å². The lowest BCUT2D eigenvalue weighted by atomic mass is 10.1. The number of nitrogens with zero attached hydrogens (tertiary/aromatic N) is 1. The standard InChI is InChI=1S/C12H16BrN3O2/c13-12-10(2-1-5-15-12)16-11(17)8-18-9-3-6-14-7-4-9/h1-2,5,9,14H,3-4,6-8H2,(H,16,17). The fraction of sp³-hybridized carbons (Fsp3) is 0.500. The minimum Gasteiger partial charge on any atom is -0.368 e. The number of rotatable bonds is 4. The molecule has 0 saturated carbocycles. The normalized spacial score (nSPS) is 16.5. The molecule has 0 bridgehead atoms. The minimum absolute atomic E-state index is 0.0893. The van der Waals surface area contributed by atoms with E-state index in [1.165, 1.54) is 0 Å². The van der Waals surface area contributed by atoms with E-state index in [2.05, 4.69) is 31.5 Å². The molecule has 1 amide bonds. The number of nitrogens with one attached hydrogen (secondary N) is 2. The van der Waals surface area contributed by atoms with Crippen molar-refractivity contribution in [1.82, 2.24) is 10.3 Å². The fourth-order valence-electron chi connectivity index (χ4n) is 1.82. The Morgan fingerprint density at radius 3 is 3.06 bits per heavy atom. The summed E-state index contributed by atoms with van der Waals surface area (Å²) < 4.78 is 6.19. The molecular formula is C12H16BrN3O2. The zero-order chi connectivity index (χ0) is 12.8. The van der Waals surface area contributed by atoms with E-state index in [-0.39, 0.29) is 18.6 Å². The quantitative estimate of drug-likeness (QED) is 0.828. The zero-order valence-corrected chi connectivity index (χ0v) is 11.6. The zero-order valence-electron chi connectivity index (χ0n) is 9.99. The van der Waals surface area contributed by atoms with Crippen molar-refractivity contribution < 1.29 is 9.53 Å². The summed E-state index contributed by atoms with van der Waals surface area (Å²) in [7, 11) is 0. The molecule has 1 aromatic heterocycles. The van der Waals surface area contributed by atoms with E-state index in [1.807, 2.05) is 0 Å². The van der Waals surface area contributed by atoms with E-state index >= 15 is 0 Å². The molecule has 1 saturated heterocycles. The van der Waals surface area contributed by atoms with Crippen molar-refractivity contribution in [1.29, 1.82) is 0 Å². The van der Waals surface area contributed by atoms with Gasteiger partial charge in [0.05, 0.1) is 11.8 Å². The van der Waals surface area contributed by atoms with Crippen LogP contribution in [0.4, 0.5) is 5.69 Å². The van der Waals surface area contributed by atoms with Gasteiger partial charge in [-0.1, -0.05) is 0 Å². The van der Waals surface area contributed by atoms with E-state index in [0.29, 0.717) is 10.3 Å². The van der Waals surface area contributed by atoms with Crippen LogP contribution in [0.25, 0.3) is 0 Å². The van der Waals surface area contributed by atoms with Crippen LogP contribution in [0.1, 0.15) is 12.8 Å². The second-order valence-corrected chi connectivity index (χ2v) is 4.90. The molecule has 0 unspecified atom stereocenters. The van der Waals surface area contributed by atoms with Gasteiger partial charge in [0.2, 0.25) is 5.91 Å². The van der Waals surface area contributed by atoms with Crippen molar-refractivity contribution in [3.63, 3.8) is 0 Å². The van der Waals surface area contributed by atoms with Crippen LogP contribution in [0.15, 0.2) is 22.9 Å². The Bertz CT molecular complexity index is 408. The molecule has 1 aliphatic heterocycles. The summed E-state index contributed by atoms with van der Waals surface area (Å²) in [6.45, 7) is 2.01. The Labute approximate surface area is 114 Å². The Morgan fingerprint density at radius 2 is 2.33 bits per heavy atom. The number of amides is 1.